The molecule has 0 radical (unpaired) electrons. The lowest BCUT2D eigenvalue weighted by atomic mass is 10.1. The highest BCUT2D eigenvalue weighted by Gasteiger charge is 2.23. The highest BCUT2D eigenvalue weighted by molar-refractivity contribution is 9.10. The van der Waals surface area contributed by atoms with Gasteiger partial charge in [0.05, 0.1) is 5.75 Å². The number of benzene rings is 1. The second-order valence-electron chi connectivity index (χ2n) is 6.16. The lowest BCUT2D eigenvalue weighted by Gasteiger charge is -2.18. The van der Waals surface area contributed by atoms with Crippen molar-refractivity contribution in [3.63, 3.8) is 0 Å². The zero-order valence-corrected chi connectivity index (χ0v) is 18.2. The van der Waals surface area contributed by atoms with Crippen LogP contribution in [0.5, 0.6) is 0 Å². The third kappa shape index (κ3) is 9.85. The number of carboxylic acids is 2. The van der Waals surface area contributed by atoms with E-state index in [4.69, 9.17) is 15.9 Å². The smallest absolute Gasteiger partial charge is 0.322 e. The molecule has 0 aliphatic carbocycles. The molecule has 2 atom stereocenters. The molecule has 0 bridgehead atoms. The molecule has 0 fully saturated rings. The zero-order valence-electron chi connectivity index (χ0n) is 15.8. The Bertz CT molecular complexity index is 788. The number of amides is 2. The molecule has 0 aromatic heterocycles. The molecule has 1 aromatic rings. The molecule has 6 N–H and O–H groups in total. The molecule has 1 rings (SSSR count). The van der Waals surface area contributed by atoms with Crippen molar-refractivity contribution >= 4 is 57.2 Å². The molecule has 0 saturated carbocycles. The number of aliphatic carboxylic acids is 2. The lowest BCUT2D eigenvalue weighted by molar-refractivity contribution is -0.139. The van der Waals surface area contributed by atoms with E-state index in [1.165, 1.54) is 0 Å². The summed E-state index contributed by atoms with van der Waals surface area (Å²) in [5, 5.41) is 22.0. The standard InChI is InChI=1S/C18H22BrN3O7S/c19-11-3-1-10(2-4-11)14(23)9-30-8-13(17(27)21-7-16(25)26)22-15(24)6-5-12(20)18(28)29/h1-4,12-13H,5-9,20H2,(H,21,27)(H,22,24)(H,25,26)(H,28,29)/t12-,13-/m1/s1. The Morgan fingerprint density at radius 3 is 2.30 bits per heavy atom. The van der Waals surface area contributed by atoms with Gasteiger partial charge in [0.2, 0.25) is 11.8 Å². The molecule has 2 amide bonds. The number of rotatable bonds is 13. The van der Waals surface area contributed by atoms with Crippen molar-refractivity contribution in [2.45, 2.75) is 24.9 Å². The van der Waals surface area contributed by atoms with Gasteiger partial charge < -0.3 is 26.6 Å². The Balaban J connectivity index is 2.63. The molecule has 0 aliphatic heterocycles. The van der Waals surface area contributed by atoms with Crippen LogP contribution in [0.2, 0.25) is 0 Å². The number of halogens is 1. The fourth-order valence-corrected chi connectivity index (χ4v) is 3.34. The van der Waals surface area contributed by atoms with E-state index in [9.17, 15) is 24.0 Å². The number of carbonyl (C=O) groups is 5. The van der Waals surface area contributed by atoms with Crippen molar-refractivity contribution in [3.05, 3.63) is 34.3 Å². The van der Waals surface area contributed by atoms with Crippen LogP contribution >= 0.6 is 27.7 Å². The minimum Gasteiger partial charge on any atom is -0.480 e. The first-order valence-corrected chi connectivity index (χ1v) is 10.7. The Labute approximate surface area is 185 Å². The number of hydrogen-bond donors (Lipinski definition) is 5. The first-order valence-electron chi connectivity index (χ1n) is 8.74. The summed E-state index contributed by atoms with van der Waals surface area (Å²) in [6, 6.07) is 4.44. The summed E-state index contributed by atoms with van der Waals surface area (Å²) in [6.45, 7) is -0.627. The Morgan fingerprint density at radius 1 is 1.10 bits per heavy atom. The maximum absolute atomic E-state index is 12.2. The van der Waals surface area contributed by atoms with Crippen molar-refractivity contribution < 1.29 is 34.2 Å². The maximum Gasteiger partial charge on any atom is 0.322 e. The quantitative estimate of drug-likeness (QED) is 0.236. The molecule has 30 heavy (non-hydrogen) atoms. The van der Waals surface area contributed by atoms with Crippen LogP contribution in [0.25, 0.3) is 0 Å². The second-order valence-corrected chi connectivity index (χ2v) is 8.11. The highest BCUT2D eigenvalue weighted by atomic mass is 79.9. The van der Waals surface area contributed by atoms with Gasteiger partial charge in [-0.3, -0.25) is 24.0 Å². The number of Topliss-reactive ketones (excluding diaryl/α,β-unsaturated/α-hetero) is 1. The summed E-state index contributed by atoms with van der Waals surface area (Å²) < 4.78 is 0.826. The van der Waals surface area contributed by atoms with Crippen LogP contribution < -0.4 is 16.4 Å². The Morgan fingerprint density at radius 2 is 1.73 bits per heavy atom. The Hall–Kier alpha value is -2.44. The van der Waals surface area contributed by atoms with E-state index < -0.39 is 42.4 Å². The summed E-state index contributed by atoms with van der Waals surface area (Å²) >= 11 is 4.38. The van der Waals surface area contributed by atoms with E-state index in [0.29, 0.717) is 5.56 Å². The summed E-state index contributed by atoms with van der Waals surface area (Å²) in [7, 11) is 0. The van der Waals surface area contributed by atoms with Crippen molar-refractivity contribution in [3.8, 4) is 0 Å². The average Bonchev–Trinajstić information content (AvgIpc) is 2.69. The van der Waals surface area contributed by atoms with Crippen LogP contribution in [-0.4, -0.2) is 69.9 Å². The summed E-state index contributed by atoms with van der Waals surface area (Å²) in [5.41, 5.74) is 5.84. The molecule has 0 unspecified atom stereocenters. The van der Waals surface area contributed by atoms with Crippen LogP contribution in [0.4, 0.5) is 0 Å². The minimum absolute atomic E-state index is 0.0183. The van der Waals surface area contributed by atoms with Gasteiger partial charge in [-0.1, -0.05) is 28.1 Å². The number of carboxylic acid groups (broad SMARTS) is 2. The van der Waals surface area contributed by atoms with Gasteiger partial charge in [-0.15, -0.1) is 0 Å². The molecule has 1 aromatic carbocycles. The van der Waals surface area contributed by atoms with E-state index in [0.717, 1.165) is 16.2 Å². The SMILES string of the molecule is N[C@H](CCC(=O)N[C@H](CSCC(=O)c1ccc(Br)cc1)C(=O)NCC(=O)O)C(=O)O. The third-order valence-electron chi connectivity index (χ3n) is 3.75. The lowest BCUT2D eigenvalue weighted by Crippen LogP contribution is -2.49. The molecule has 0 spiro atoms. The van der Waals surface area contributed by atoms with Crippen LogP contribution in [0, 0.1) is 0 Å². The van der Waals surface area contributed by atoms with Crippen LogP contribution in [0.15, 0.2) is 28.7 Å². The molecule has 164 valence electrons. The van der Waals surface area contributed by atoms with E-state index in [2.05, 4.69) is 26.6 Å². The predicted octanol–water partition coefficient (Wildman–Crippen LogP) is 0.243. The molecular formula is C18H22BrN3O7S. The fourth-order valence-electron chi connectivity index (χ4n) is 2.13. The number of nitrogens with two attached hydrogens (primary N) is 1. The van der Waals surface area contributed by atoms with Gasteiger partial charge in [0.15, 0.2) is 5.78 Å². The summed E-state index contributed by atoms with van der Waals surface area (Å²) in [5.74, 6) is -3.94. The summed E-state index contributed by atoms with van der Waals surface area (Å²) in [6.07, 6.45) is -0.349. The molecule has 0 heterocycles. The first-order chi connectivity index (χ1) is 14.1. The molecular weight excluding hydrogens is 482 g/mol. The van der Waals surface area contributed by atoms with Gasteiger partial charge in [-0.05, 0) is 18.6 Å². The largest absolute Gasteiger partial charge is 0.480 e. The topological polar surface area (TPSA) is 176 Å². The molecule has 0 saturated heterocycles. The number of nitrogens with one attached hydrogen (secondary N) is 2. The Kier molecular flexibility index (Phi) is 11.1. The number of ketones is 1. The van der Waals surface area contributed by atoms with Crippen molar-refractivity contribution in [2.75, 3.05) is 18.1 Å². The highest BCUT2D eigenvalue weighted by Crippen LogP contribution is 2.13. The van der Waals surface area contributed by atoms with E-state index in [1.807, 2.05) is 0 Å². The second kappa shape index (κ2) is 13.0. The van der Waals surface area contributed by atoms with Crippen LogP contribution in [0.3, 0.4) is 0 Å². The third-order valence-corrected chi connectivity index (χ3v) is 5.31. The maximum atomic E-state index is 12.2. The van der Waals surface area contributed by atoms with Crippen LogP contribution in [0.1, 0.15) is 23.2 Å². The van der Waals surface area contributed by atoms with Gasteiger partial charge >= 0.3 is 11.9 Å². The van der Waals surface area contributed by atoms with E-state index in [1.54, 1.807) is 24.3 Å². The van der Waals surface area contributed by atoms with Crippen molar-refractivity contribution in [1.82, 2.24) is 10.6 Å². The average molecular weight is 504 g/mol. The molecule has 0 aliphatic rings. The number of hydrogen-bond acceptors (Lipinski definition) is 7. The van der Waals surface area contributed by atoms with E-state index in [-0.39, 0.29) is 30.1 Å². The number of thioether (sulfide) groups is 1. The zero-order chi connectivity index (χ0) is 22.7. The van der Waals surface area contributed by atoms with Gasteiger partial charge in [-0.25, -0.2) is 0 Å². The predicted molar refractivity (Wildman–Crippen MR) is 113 cm³/mol. The van der Waals surface area contributed by atoms with Gasteiger partial charge in [-0.2, -0.15) is 11.8 Å². The first kappa shape index (κ1) is 25.6. The molecule has 10 nitrogen and oxygen atoms in total. The minimum atomic E-state index is -1.25. The van der Waals surface area contributed by atoms with E-state index >= 15 is 0 Å². The normalized spacial score (nSPS) is 12.5. The molecule has 12 heteroatoms. The van der Waals surface area contributed by atoms with Gasteiger partial charge in [0.25, 0.3) is 0 Å². The monoisotopic (exact) mass is 503 g/mol. The van der Waals surface area contributed by atoms with Crippen molar-refractivity contribution in [1.29, 1.82) is 0 Å². The van der Waals surface area contributed by atoms with Gasteiger partial charge in [0, 0.05) is 22.2 Å². The van der Waals surface area contributed by atoms with Crippen molar-refractivity contribution in [2.24, 2.45) is 5.73 Å². The number of carbonyl (C=O) groups excluding carboxylic acids is 3. The fraction of sp³-hybridized carbons (Fsp3) is 0.389. The van der Waals surface area contributed by atoms with Gasteiger partial charge in [0.1, 0.15) is 18.6 Å². The summed E-state index contributed by atoms with van der Waals surface area (Å²) in [4.78, 5) is 57.8. The van der Waals surface area contributed by atoms with Crippen LogP contribution in [-0.2, 0) is 19.2 Å².